The fourth-order valence-electron chi connectivity index (χ4n) is 4.89. The number of rotatable bonds is 6. The first-order chi connectivity index (χ1) is 16.3. The Balaban J connectivity index is 1.52. The molecule has 2 fully saturated rings. The van der Waals surface area contributed by atoms with Gasteiger partial charge in [-0.05, 0) is 74.1 Å². The maximum atomic E-state index is 13.6. The smallest absolute Gasteiger partial charge is 0.246 e. The van der Waals surface area contributed by atoms with Crippen molar-refractivity contribution in [2.45, 2.75) is 50.8 Å². The van der Waals surface area contributed by atoms with Gasteiger partial charge in [0.25, 0.3) is 0 Å². The van der Waals surface area contributed by atoms with Crippen LogP contribution in [0, 0.1) is 31.1 Å². The van der Waals surface area contributed by atoms with Crippen LogP contribution in [0.4, 0.5) is 0 Å². The summed E-state index contributed by atoms with van der Waals surface area (Å²) in [5, 5.41) is 9.36. The van der Waals surface area contributed by atoms with Gasteiger partial charge < -0.3 is 9.64 Å². The van der Waals surface area contributed by atoms with E-state index >= 15 is 0 Å². The van der Waals surface area contributed by atoms with Crippen LogP contribution < -0.4 is 4.74 Å². The maximum Gasteiger partial charge on any atom is 0.246 e. The van der Waals surface area contributed by atoms with Crippen molar-refractivity contribution in [2.75, 3.05) is 26.2 Å². The average Bonchev–Trinajstić information content (AvgIpc) is 3.31. The van der Waals surface area contributed by atoms with E-state index in [1.165, 1.54) is 29.3 Å². The summed E-state index contributed by atoms with van der Waals surface area (Å²) >= 11 is 0. The molecule has 0 N–H and O–H groups in total. The Hall–Kier alpha value is -2.89. The third-order valence-electron chi connectivity index (χ3n) is 6.64. The molecule has 1 saturated heterocycles. The molecule has 180 valence electrons. The molecule has 1 amide bonds. The number of hydrogen-bond acceptors (Lipinski definition) is 5. The highest BCUT2D eigenvalue weighted by atomic mass is 32.2. The van der Waals surface area contributed by atoms with Crippen LogP contribution in [0.1, 0.15) is 48.8 Å². The quantitative estimate of drug-likeness (QED) is 0.611. The van der Waals surface area contributed by atoms with Crippen LogP contribution in [0.2, 0.25) is 0 Å². The van der Waals surface area contributed by atoms with Crippen molar-refractivity contribution in [3.63, 3.8) is 0 Å². The Kier molecular flexibility index (Phi) is 7.24. The zero-order chi connectivity index (χ0) is 24.3. The van der Waals surface area contributed by atoms with Gasteiger partial charge in [-0.25, -0.2) is 8.42 Å². The summed E-state index contributed by atoms with van der Waals surface area (Å²) in [4.78, 5) is 14.4. The highest BCUT2D eigenvalue weighted by Crippen LogP contribution is 2.33. The SMILES string of the molecule is Cc1cc(C)cc(Oc2ccc(C#N)cc2S(=O)(=O)N2CCN(C(=O)CC3CCCC3)CC2)c1. The number of aryl methyl sites for hydroxylation is 2. The predicted octanol–water partition coefficient (Wildman–Crippen LogP) is 4.38. The van der Waals surface area contributed by atoms with Crippen molar-refractivity contribution < 1.29 is 17.9 Å². The summed E-state index contributed by atoms with van der Waals surface area (Å²) in [5.74, 6) is 1.31. The molecule has 7 nitrogen and oxygen atoms in total. The van der Waals surface area contributed by atoms with Crippen LogP contribution in [0.3, 0.4) is 0 Å². The second-order valence-corrected chi connectivity index (χ2v) is 11.2. The number of piperazine rings is 1. The molecule has 0 radical (unpaired) electrons. The van der Waals surface area contributed by atoms with Crippen LogP contribution in [-0.4, -0.2) is 49.7 Å². The lowest BCUT2D eigenvalue weighted by Gasteiger charge is -2.34. The first-order valence-corrected chi connectivity index (χ1v) is 13.3. The third kappa shape index (κ3) is 5.43. The number of carbonyl (C=O) groups excluding carboxylic acids is 1. The van der Waals surface area contributed by atoms with Crippen molar-refractivity contribution in [1.29, 1.82) is 5.26 Å². The molecule has 0 bridgehead atoms. The molecule has 1 heterocycles. The second-order valence-electron chi connectivity index (χ2n) is 9.34. The molecule has 2 aromatic carbocycles. The molecule has 1 saturated carbocycles. The summed E-state index contributed by atoms with van der Waals surface area (Å²) in [6.45, 7) is 5.08. The third-order valence-corrected chi connectivity index (χ3v) is 8.56. The zero-order valence-electron chi connectivity index (χ0n) is 19.8. The van der Waals surface area contributed by atoms with Crippen LogP contribution in [-0.2, 0) is 14.8 Å². The molecule has 1 aliphatic heterocycles. The minimum absolute atomic E-state index is 0.0311. The Morgan fingerprint density at radius 2 is 1.68 bits per heavy atom. The van der Waals surface area contributed by atoms with Gasteiger partial charge in [0.2, 0.25) is 15.9 Å². The molecule has 4 rings (SSSR count). The van der Waals surface area contributed by atoms with E-state index in [2.05, 4.69) is 0 Å². The van der Waals surface area contributed by atoms with Crippen molar-refractivity contribution >= 4 is 15.9 Å². The monoisotopic (exact) mass is 481 g/mol. The molecule has 1 aliphatic carbocycles. The van der Waals surface area contributed by atoms with Gasteiger partial charge >= 0.3 is 0 Å². The van der Waals surface area contributed by atoms with Gasteiger partial charge in [0, 0.05) is 32.6 Å². The van der Waals surface area contributed by atoms with E-state index in [1.54, 1.807) is 11.0 Å². The number of ether oxygens (including phenoxy) is 1. The summed E-state index contributed by atoms with van der Waals surface area (Å²) in [6.07, 6.45) is 5.17. The van der Waals surface area contributed by atoms with Gasteiger partial charge in [0.15, 0.2) is 0 Å². The standard InChI is InChI=1S/C26H31N3O4S/c1-19-13-20(2)15-23(14-19)33-24-8-7-22(18-27)16-25(24)34(31,32)29-11-9-28(10-12-29)26(30)17-21-5-3-4-6-21/h7-8,13-16,21H,3-6,9-12,17H2,1-2H3. The lowest BCUT2D eigenvalue weighted by molar-refractivity contribution is -0.133. The van der Waals surface area contributed by atoms with Crippen molar-refractivity contribution in [3.8, 4) is 17.6 Å². The fourth-order valence-corrected chi connectivity index (χ4v) is 6.45. The molecule has 0 atom stereocenters. The number of nitriles is 1. The highest BCUT2D eigenvalue weighted by molar-refractivity contribution is 7.89. The van der Waals surface area contributed by atoms with E-state index in [9.17, 15) is 18.5 Å². The van der Waals surface area contributed by atoms with Gasteiger partial charge in [0.05, 0.1) is 11.6 Å². The first-order valence-electron chi connectivity index (χ1n) is 11.8. The van der Waals surface area contributed by atoms with Gasteiger partial charge in [-0.15, -0.1) is 0 Å². The molecular formula is C26H31N3O4S. The zero-order valence-corrected chi connectivity index (χ0v) is 20.6. The molecule has 2 aliphatic rings. The first kappa shape index (κ1) is 24.2. The lowest BCUT2D eigenvalue weighted by Crippen LogP contribution is -2.50. The number of nitrogens with zero attached hydrogens (tertiary/aromatic N) is 3. The normalized spacial score (nSPS) is 17.5. The molecule has 0 unspecified atom stereocenters. The van der Waals surface area contributed by atoms with E-state index in [-0.39, 0.29) is 35.2 Å². The number of amides is 1. The van der Waals surface area contributed by atoms with Gasteiger partial charge in [-0.2, -0.15) is 9.57 Å². The predicted molar refractivity (Wildman–Crippen MR) is 129 cm³/mol. The van der Waals surface area contributed by atoms with E-state index in [0.717, 1.165) is 24.0 Å². The topological polar surface area (TPSA) is 90.7 Å². The minimum atomic E-state index is -3.92. The van der Waals surface area contributed by atoms with Crippen molar-refractivity contribution in [3.05, 3.63) is 53.1 Å². The molecule has 0 aromatic heterocycles. The van der Waals surface area contributed by atoms with Crippen LogP contribution >= 0.6 is 0 Å². The van der Waals surface area contributed by atoms with E-state index < -0.39 is 10.0 Å². The summed E-state index contributed by atoms with van der Waals surface area (Å²) < 4.78 is 34.6. The number of hydrogen-bond donors (Lipinski definition) is 0. The summed E-state index contributed by atoms with van der Waals surface area (Å²) in [6, 6.07) is 12.2. The maximum absolute atomic E-state index is 13.6. The Bertz CT molecular complexity index is 1180. The number of sulfonamides is 1. The Morgan fingerprint density at radius 1 is 1.03 bits per heavy atom. The molecule has 0 spiro atoms. The van der Waals surface area contributed by atoms with Gasteiger partial charge in [0.1, 0.15) is 16.4 Å². The van der Waals surface area contributed by atoms with Crippen molar-refractivity contribution in [2.24, 2.45) is 5.92 Å². The Labute approximate surface area is 202 Å². The largest absolute Gasteiger partial charge is 0.456 e. The highest BCUT2D eigenvalue weighted by Gasteiger charge is 2.33. The van der Waals surface area contributed by atoms with Crippen LogP contribution in [0.5, 0.6) is 11.5 Å². The molecule has 8 heteroatoms. The molecule has 34 heavy (non-hydrogen) atoms. The molecular weight excluding hydrogens is 450 g/mol. The number of carbonyl (C=O) groups is 1. The number of benzene rings is 2. The lowest BCUT2D eigenvalue weighted by atomic mass is 10.0. The van der Waals surface area contributed by atoms with Gasteiger partial charge in [-0.3, -0.25) is 4.79 Å². The van der Waals surface area contributed by atoms with E-state index in [1.807, 2.05) is 38.1 Å². The average molecular weight is 482 g/mol. The fraction of sp³-hybridized carbons (Fsp3) is 0.462. The van der Waals surface area contributed by atoms with E-state index in [0.29, 0.717) is 31.2 Å². The van der Waals surface area contributed by atoms with Crippen molar-refractivity contribution in [1.82, 2.24) is 9.21 Å². The second kappa shape index (κ2) is 10.2. The van der Waals surface area contributed by atoms with Crippen LogP contribution in [0.15, 0.2) is 41.3 Å². The minimum Gasteiger partial charge on any atom is -0.456 e. The van der Waals surface area contributed by atoms with E-state index in [4.69, 9.17) is 4.74 Å². The Morgan fingerprint density at radius 3 is 2.29 bits per heavy atom. The summed E-state index contributed by atoms with van der Waals surface area (Å²) in [7, 11) is -3.92. The molecule has 2 aromatic rings. The van der Waals surface area contributed by atoms with Gasteiger partial charge in [-0.1, -0.05) is 18.9 Å². The van der Waals surface area contributed by atoms with Crippen LogP contribution in [0.25, 0.3) is 0 Å². The summed E-state index contributed by atoms with van der Waals surface area (Å²) in [5.41, 5.74) is 2.26.